The Labute approximate surface area is 194 Å². The number of carbonyl (C=O) groups is 2. The highest BCUT2D eigenvalue weighted by Crippen LogP contribution is 2.70. The van der Waals surface area contributed by atoms with Crippen LogP contribution in [0.2, 0.25) is 0 Å². The molecule has 0 unspecified atom stereocenters. The molecule has 4 fully saturated rings. The topological polar surface area (TPSA) is 134 Å². The first-order chi connectivity index (χ1) is 15.6. The average molecular weight is 465 g/mol. The number of aliphatic hydroxyl groups excluding tert-OH is 3. The zero-order valence-corrected chi connectivity index (χ0v) is 19.5. The van der Waals surface area contributed by atoms with Gasteiger partial charge in [0.2, 0.25) is 5.76 Å². The molecule has 8 nitrogen and oxygen atoms in total. The van der Waals surface area contributed by atoms with E-state index in [1.807, 2.05) is 0 Å². The Morgan fingerprint density at radius 2 is 1.94 bits per heavy atom. The first-order valence-electron chi connectivity index (χ1n) is 12.3. The molecule has 0 amide bonds. The average Bonchev–Trinajstić information content (AvgIpc) is 3.23. The van der Waals surface area contributed by atoms with Gasteiger partial charge in [-0.2, -0.15) is 0 Å². The smallest absolute Gasteiger partial charge is 0.373 e. The van der Waals surface area contributed by atoms with Crippen LogP contribution in [0.1, 0.15) is 65.2 Å². The second kappa shape index (κ2) is 7.68. The van der Waals surface area contributed by atoms with Gasteiger partial charge in [0.15, 0.2) is 0 Å². The number of ether oxygens (including phenoxy) is 2. The normalized spacial score (nSPS) is 49.2. The van der Waals surface area contributed by atoms with E-state index in [2.05, 4.69) is 6.92 Å². The van der Waals surface area contributed by atoms with Crippen molar-refractivity contribution in [3.8, 4) is 0 Å². The van der Waals surface area contributed by atoms with Gasteiger partial charge in [0.1, 0.15) is 12.7 Å². The van der Waals surface area contributed by atoms with Gasteiger partial charge in [0.05, 0.1) is 11.7 Å². The van der Waals surface area contributed by atoms with Crippen molar-refractivity contribution in [1.82, 2.24) is 0 Å². The largest absolute Gasteiger partial charge is 0.502 e. The summed E-state index contributed by atoms with van der Waals surface area (Å²) in [4.78, 5) is 23.3. The molecular formula is C25H36O8. The van der Waals surface area contributed by atoms with E-state index in [0.29, 0.717) is 37.7 Å². The summed E-state index contributed by atoms with van der Waals surface area (Å²) in [6.45, 7) is 3.45. The molecule has 0 bridgehead atoms. The highest BCUT2D eigenvalue weighted by atomic mass is 16.6. The van der Waals surface area contributed by atoms with Crippen molar-refractivity contribution in [3.05, 3.63) is 11.3 Å². The van der Waals surface area contributed by atoms with E-state index in [0.717, 1.165) is 19.3 Å². The predicted octanol–water partition coefficient (Wildman–Crippen LogP) is 2.00. The van der Waals surface area contributed by atoms with Crippen molar-refractivity contribution in [1.29, 1.82) is 0 Å². The fraction of sp³-hybridized carbons (Fsp3) is 0.840. The Bertz CT molecular complexity index is 884. The van der Waals surface area contributed by atoms with Crippen LogP contribution >= 0.6 is 0 Å². The van der Waals surface area contributed by atoms with Crippen LogP contribution in [-0.2, 0) is 19.1 Å². The predicted molar refractivity (Wildman–Crippen MR) is 116 cm³/mol. The molecule has 0 aromatic heterocycles. The molecule has 0 saturated heterocycles. The summed E-state index contributed by atoms with van der Waals surface area (Å²) in [6, 6.07) is 0. The zero-order chi connectivity index (χ0) is 23.8. The van der Waals surface area contributed by atoms with Crippen molar-refractivity contribution in [2.45, 2.75) is 83.0 Å². The number of cyclic esters (lactones) is 1. The lowest BCUT2D eigenvalue weighted by molar-refractivity contribution is -0.233. The standard InChI is InChI=1S/C25H36O8/c1-13(27)33-20-9-14-3-4-18-17(24(14,12-26)10-19(20)28)5-7-23(2)16(6-8-25(18,23)31)15-11-32-22(30)21(15)29/h14,16-20,26,28-29,31H,3-12H2,1-2H3/t14-,16-,17+,18-,19-,20-,23-,24-,25+/m1/s1. The summed E-state index contributed by atoms with van der Waals surface area (Å²) in [5.41, 5.74) is -1.38. The van der Waals surface area contributed by atoms with Crippen LogP contribution in [0.15, 0.2) is 11.3 Å². The molecule has 5 aliphatic rings. The third-order valence-electron chi connectivity index (χ3n) is 10.4. The molecule has 184 valence electrons. The molecule has 4 saturated carbocycles. The Balaban J connectivity index is 1.45. The first kappa shape index (κ1) is 23.1. The maximum absolute atomic E-state index is 12.2. The highest BCUT2D eigenvalue weighted by Gasteiger charge is 2.69. The van der Waals surface area contributed by atoms with Gasteiger partial charge in [-0.3, -0.25) is 4.79 Å². The summed E-state index contributed by atoms with van der Waals surface area (Å²) in [5, 5.41) is 44.1. The van der Waals surface area contributed by atoms with Crippen LogP contribution in [0.3, 0.4) is 0 Å². The van der Waals surface area contributed by atoms with Gasteiger partial charge >= 0.3 is 11.9 Å². The SMILES string of the molecule is CC(=O)O[C@@H]1C[C@H]2CC[C@@H]3[C@H](CC[C@]4(C)[C@@H](C5=C(O)C(=O)OC5)CC[C@]34O)[C@@]2(CO)C[C@H]1O. The van der Waals surface area contributed by atoms with Gasteiger partial charge < -0.3 is 29.9 Å². The van der Waals surface area contributed by atoms with E-state index in [9.17, 15) is 30.0 Å². The van der Waals surface area contributed by atoms with Crippen LogP contribution in [0.25, 0.3) is 0 Å². The Morgan fingerprint density at radius 1 is 1.18 bits per heavy atom. The maximum Gasteiger partial charge on any atom is 0.373 e. The quantitative estimate of drug-likeness (QED) is 0.466. The zero-order valence-electron chi connectivity index (χ0n) is 19.5. The number of aliphatic hydroxyl groups is 4. The fourth-order valence-corrected chi connectivity index (χ4v) is 8.87. The first-order valence-corrected chi connectivity index (χ1v) is 12.3. The van der Waals surface area contributed by atoms with Crippen molar-refractivity contribution in [2.24, 2.45) is 34.5 Å². The summed E-state index contributed by atoms with van der Waals surface area (Å²) < 4.78 is 10.5. The monoisotopic (exact) mass is 464 g/mol. The number of fused-ring (bicyclic) bond motifs is 5. The van der Waals surface area contributed by atoms with Crippen molar-refractivity contribution >= 4 is 11.9 Å². The minimum Gasteiger partial charge on any atom is -0.502 e. The Morgan fingerprint density at radius 3 is 2.58 bits per heavy atom. The molecule has 8 heteroatoms. The molecule has 0 radical (unpaired) electrons. The van der Waals surface area contributed by atoms with Crippen LogP contribution in [0.4, 0.5) is 0 Å². The molecule has 5 rings (SSSR count). The number of esters is 2. The second-order valence-electron chi connectivity index (χ2n) is 11.5. The molecule has 9 atom stereocenters. The molecule has 4 N–H and O–H groups in total. The lowest BCUT2D eigenvalue weighted by atomic mass is 9.42. The molecule has 0 aromatic carbocycles. The summed E-state index contributed by atoms with van der Waals surface area (Å²) in [5.74, 6) is -1.38. The molecule has 0 spiro atoms. The second-order valence-corrected chi connectivity index (χ2v) is 11.5. The van der Waals surface area contributed by atoms with E-state index >= 15 is 0 Å². The van der Waals surface area contributed by atoms with Gasteiger partial charge in [0.25, 0.3) is 0 Å². The number of hydrogen-bond acceptors (Lipinski definition) is 8. The summed E-state index contributed by atoms with van der Waals surface area (Å²) in [6.07, 6.45) is 3.86. The van der Waals surface area contributed by atoms with Gasteiger partial charge in [-0.1, -0.05) is 6.92 Å². The fourth-order valence-electron chi connectivity index (χ4n) is 8.87. The van der Waals surface area contributed by atoms with Gasteiger partial charge in [0, 0.05) is 29.9 Å². The minimum atomic E-state index is -0.982. The molecular weight excluding hydrogens is 428 g/mol. The Hall–Kier alpha value is -1.64. The lowest BCUT2D eigenvalue weighted by Gasteiger charge is -2.64. The summed E-state index contributed by atoms with van der Waals surface area (Å²) >= 11 is 0. The molecule has 1 aliphatic heterocycles. The number of rotatable bonds is 3. The van der Waals surface area contributed by atoms with E-state index < -0.39 is 40.6 Å². The number of carbonyl (C=O) groups excluding carboxylic acids is 2. The maximum atomic E-state index is 12.2. The van der Waals surface area contributed by atoms with Crippen LogP contribution in [0, 0.1) is 34.5 Å². The van der Waals surface area contributed by atoms with Gasteiger partial charge in [-0.15, -0.1) is 0 Å². The van der Waals surface area contributed by atoms with E-state index in [-0.39, 0.29) is 42.6 Å². The van der Waals surface area contributed by atoms with Crippen molar-refractivity contribution in [3.63, 3.8) is 0 Å². The van der Waals surface area contributed by atoms with E-state index in [1.165, 1.54) is 6.92 Å². The summed E-state index contributed by atoms with van der Waals surface area (Å²) in [7, 11) is 0. The molecule has 1 heterocycles. The van der Waals surface area contributed by atoms with Gasteiger partial charge in [-0.25, -0.2) is 4.79 Å². The van der Waals surface area contributed by atoms with E-state index in [1.54, 1.807) is 0 Å². The molecule has 33 heavy (non-hydrogen) atoms. The third kappa shape index (κ3) is 3.06. The van der Waals surface area contributed by atoms with Crippen LogP contribution in [-0.4, -0.2) is 63.4 Å². The molecule has 4 aliphatic carbocycles. The van der Waals surface area contributed by atoms with Crippen molar-refractivity contribution < 1.29 is 39.5 Å². The Kier molecular flexibility index (Phi) is 5.38. The molecule has 0 aromatic rings. The van der Waals surface area contributed by atoms with Crippen molar-refractivity contribution in [2.75, 3.05) is 13.2 Å². The van der Waals surface area contributed by atoms with E-state index in [4.69, 9.17) is 9.47 Å². The van der Waals surface area contributed by atoms with Gasteiger partial charge in [-0.05, 0) is 75.0 Å². The van der Waals surface area contributed by atoms with Crippen LogP contribution in [0.5, 0.6) is 0 Å². The van der Waals surface area contributed by atoms with Crippen LogP contribution < -0.4 is 0 Å². The minimum absolute atomic E-state index is 0.0390. The lowest BCUT2D eigenvalue weighted by Crippen LogP contribution is -2.65. The number of hydrogen-bond donors (Lipinski definition) is 4. The third-order valence-corrected chi connectivity index (χ3v) is 10.4. The highest BCUT2D eigenvalue weighted by molar-refractivity contribution is 5.89.